The molecule has 0 heterocycles. The van der Waals surface area contributed by atoms with Gasteiger partial charge in [0.2, 0.25) is 10.0 Å². The minimum absolute atomic E-state index is 0.0276. The molecule has 2 aromatic rings. The van der Waals surface area contributed by atoms with Gasteiger partial charge in [-0.15, -0.1) is 0 Å². The van der Waals surface area contributed by atoms with E-state index in [-0.39, 0.29) is 16.8 Å². The topological polar surface area (TPSA) is 75.7 Å². The number of carbonyl (C=O) groups is 1. The quantitative estimate of drug-likeness (QED) is 0.647. The molecule has 6 nitrogen and oxygen atoms in total. The highest BCUT2D eigenvalue weighted by atomic mass is 32.2. The summed E-state index contributed by atoms with van der Waals surface area (Å²) in [5.41, 5.74) is 1.35. The predicted molar refractivity (Wildman–Crippen MR) is 117 cm³/mol. The average Bonchev–Trinajstić information content (AvgIpc) is 2.77. The van der Waals surface area contributed by atoms with Crippen molar-refractivity contribution in [1.29, 1.82) is 0 Å². The van der Waals surface area contributed by atoms with E-state index in [1.54, 1.807) is 25.2 Å². The molecule has 0 saturated heterocycles. The first-order valence-corrected chi connectivity index (χ1v) is 11.9. The molecule has 0 radical (unpaired) electrons. The molecule has 0 bridgehead atoms. The molecule has 1 N–H and O–H groups in total. The zero-order valence-electron chi connectivity index (χ0n) is 17.6. The monoisotopic (exact) mass is 430 g/mol. The molecule has 7 heteroatoms. The van der Waals surface area contributed by atoms with E-state index < -0.39 is 10.0 Å². The van der Waals surface area contributed by atoms with Gasteiger partial charge in [-0.1, -0.05) is 43.5 Å². The molecule has 2 aromatic carbocycles. The molecular weight excluding hydrogens is 400 g/mol. The number of sulfonamides is 1. The minimum atomic E-state index is -3.63. The number of nitrogens with zero attached hydrogens (tertiary/aromatic N) is 1. The van der Waals surface area contributed by atoms with E-state index in [9.17, 15) is 13.2 Å². The Morgan fingerprint density at radius 1 is 1.10 bits per heavy atom. The van der Waals surface area contributed by atoms with Gasteiger partial charge in [0.05, 0.1) is 11.4 Å². The maximum atomic E-state index is 13.0. The molecule has 0 spiro atoms. The molecule has 1 fully saturated rings. The Balaban J connectivity index is 1.59. The molecule has 0 aromatic heterocycles. The fourth-order valence-electron chi connectivity index (χ4n) is 3.75. The third-order valence-corrected chi connectivity index (χ3v) is 7.51. The first kappa shape index (κ1) is 22.3. The van der Waals surface area contributed by atoms with Gasteiger partial charge in [-0.05, 0) is 49.6 Å². The van der Waals surface area contributed by atoms with E-state index in [0.29, 0.717) is 18.7 Å². The summed E-state index contributed by atoms with van der Waals surface area (Å²) in [5, 5.41) is 2.79. The van der Waals surface area contributed by atoms with Crippen LogP contribution in [0.15, 0.2) is 53.4 Å². The zero-order chi connectivity index (χ0) is 21.6. The summed E-state index contributed by atoms with van der Waals surface area (Å²) in [6, 6.07) is 13.9. The lowest BCUT2D eigenvalue weighted by Crippen LogP contribution is -2.38. The standard InChI is InChI=1S/C23H30N2O4S/c1-18-9-6-7-14-22(18)29-16-15-24-23(26)19-10-8-13-21(17-19)30(27,28)25(2)20-11-4-3-5-12-20/h6-10,13-14,17,20H,3-5,11-12,15-16H2,1-2H3,(H,24,26). The lowest BCUT2D eigenvalue weighted by Gasteiger charge is -2.30. The molecule has 1 amide bonds. The van der Waals surface area contributed by atoms with Crippen molar-refractivity contribution in [2.45, 2.75) is 50.0 Å². The van der Waals surface area contributed by atoms with Gasteiger partial charge >= 0.3 is 0 Å². The first-order chi connectivity index (χ1) is 14.4. The number of aryl methyl sites for hydroxylation is 1. The van der Waals surface area contributed by atoms with E-state index in [4.69, 9.17) is 4.74 Å². The number of ether oxygens (including phenoxy) is 1. The van der Waals surface area contributed by atoms with Crippen LogP contribution in [0.5, 0.6) is 5.75 Å². The number of rotatable bonds is 8. The predicted octanol–water partition coefficient (Wildman–Crippen LogP) is 3.76. The van der Waals surface area contributed by atoms with Crippen molar-refractivity contribution in [3.05, 3.63) is 59.7 Å². The fraction of sp³-hybridized carbons (Fsp3) is 0.435. The number of carbonyl (C=O) groups excluding carboxylic acids is 1. The van der Waals surface area contributed by atoms with Crippen LogP contribution in [0, 0.1) is 6.92 Å². The Morgan fingerprint density at radius 3 is 2.57 bits per heavy atom. The second-order valence-electron chi connectivity index (χ2n) is 7.71. The van der Waals surface area contributed by atoms with Crippen LogP contribution in [-0.2, 0) is 10.0 Å². The molecule has 0 atom stereocenters. The molecule has 0 unspecified atom stereocenters. The second kappa shape index (κ2) is 10.1. The highest BCUT2D eigenvalue weighted by Crippen LogP contribution is 2.26. The van der Waals surface area contributed by atoms with Crippen molar-refractivity contribution >= 4 is 15.9 Å². The summed E-state index contributed by atoms with van der Waals surface area (Å²) in [4.78, 5) is 12.7. The summed E-state index contributed by atoms with van der Waals surface area (Å²) in [7, 11) is -1.99. The van der Waals surface area contributed by atoms with E-state index in [1.807, 2.05) is 31.2 Å². The molecule has 1 saturated carbocycles. The largest absolute Gasteiger partial charge is 0.491 e. The van der Waals surface area contributed by atoms with Crippen LogP contribution in [0.3, 0.4) is 0 Å². The van der Waals surface area contributed by atoms with Crippen molar-refractivity contribution in [3.63, 3.8) is 0 Å². The van der Waals surface area contributed by atoms with Gasteiger partial charge in [0, 0.05) is 18.7 Å². The third kappa shape index (κ3) is 5.40. The van der Waals surface area contributed by atoms with Gasteiger partial charge in [-0.3, -0.25) is 4.79 Å². The molecule has 3 rings (SSSR count). The van der Waals surface area contributed by atoms with Crippen LogP contribution >= 0.6 is 0 Å². The van der Waals surface area contributed by atoms with Crippen LogP contribution in [0.4, 0.5) is 0 Å². The van der Waals surface area contributed by atoms with Crippen molar-refractivity contribution in [3.8, 4) is 5.75 Å². The summed E-state index contributed by atoms with van der Waals surface area (Å²) in [6.07, 6.45) is 5.04. The lowest BCUT2D eigenvalue weighted by atomic mass is 9.96. The van der Waals surface area contributed by atoms with Crippen LogP contribution in [0.1, 0.15) is 48.0 Å². The smallest absolute Gasteiger partial charge is 0.251 e. The van der Waals surface area contributed by atoms with Crippen molar-refractivity contribution in [2.75, 3.05) is 20.2 Å². The number of hydrogen-bond acceptors (Lipinski definition) is 4. The summed E-state index contributed by atoms with van der Waals surface area (Å²) < 4.78 is 33.2. The van der Waals surface area contributed by atoms with Gasteiger partial charge in [0.1, 0.15) is 12.4 Å². The van der Waals surface area contributed by atoms with Crippen LogP contribution in [0.25, 0.3) is 0 Å². The third-order valence-electron chi connectivity index (χ3n) is 5.60. The lowest BCUT2D eigenvalue weighted by molar-refractivity contribution is 0.0946. The Hall–Kier alpha value is -2.38. The summed E-state index contributed by atoms with van der Waals surface area (Å²) in [5.74, 6) is 0.464. The highest BCUT2D eigenvalue weighted by molar-refractivity contribution is 7.89. The molecule has 1 aliphatic carbocycles. The number of nitrogens with one attached hydrogen (secondary N) is 1. The van der Waals surface area contributed by atoms with Gasteiger partial charge in [-0.2, -0.15) is 4.31 Å². The maximum absolute atomic E-state index is 13.0. The number of amides is 1. The van der Waals surface area contributed by atoms with E-state index in [1.165, 1.54) is 10.4 Å². The van der Waals surface area contributed by atoms with Gasteiger partial charge in [0.25, 0.3) is 5.91 Å². The summed E-state index contributed by atoms with van der Waals surface area (Å²) in [6.45, 7) is 2.62. The molecule has 162 valence electrons. The van der Waals surface area contributed by atoms with E-state index in [0.717, 1.165) is 43.4 Å². The molecule has 30 heavy (non-hydrogen) atoms. The SMILES string of the molecule is Cc1ccccc1OCCNC(=O)c1cccc(S(=O)(=O)N(C)C2CCCCC2)c1. The Labute approximate surface area is 179 Å². The molecule has 0 aliphatic heterocycles. The van der Waals surface area contributed by atoms with Gasteiger partial charge < -0.3 is 10.1 Å². The molecule has 1 aliphatic rings. The first-order valence-electron chi connectivity index (χ1n) is 10.4. The maximum Gasteiger partial charge on any atom is 0.251 e. The van der Waals surface area contributed by atoms with Gasteiger partial charge in [-0.25, -0.2) is 8.42 Å². The van der Waals surface area contributed by atoms with Crippen molar-refractivity contribution < 1.29 is 17.9 Å². The van der Waals surface area contributed by atoms with Crippen LogP contribution < -0.4 is 10.1 Å². The normalized spacial score (nSPS) is 15.2. The number of benzene rings is 2. The van der Waals surface area contributed by atoms with Crippen LogP contribution in [-0.4, -0.2) is 44.9 Å². The van der Waals surface area contributed by atoms with E-state index in [2.05, 4.69) is 5.32 Å². The Kier molecular flexibility index (Phi) is 7.50. The Morgan fingerprint density at radius 2 is 1.83 bits per heavy atom. The van der Waals surface area contributed by atoms with Crippen molar-refractivity contribution in [2.24, 2.45) is 0 Å². The second-order valence-corrected chi connectivity index (χ2v) is 9.71. The van der Waals surface area contributed by atoms with Crippen molar-refractivity contribution in [1.82, 2.24) is 9.62 Å². The zero-order valence-corrected chi connectivity index (χ0v) is 18.5. The van der Waals surface area contributed by atoms with Crippen LogP contribution in [0.2, 0.25) is 0 Å². The number of para-hydroxylation sites is 1. The summed E-state index contributed by atoms with van der Waals surface area (Å²) >= 11 is 0. The highest BCUT2D eigenvalue weighted by Gasteiger charge is 2.29. The average molecular weight is 431 g/mol. The molecular formula is C23H30N2O4S. The van der Waals surface area contributed by atoms with E-state index >= 15 is 0 Å². The minimum Gasteiger partial charge on any atom is -0.491 e. The fourth-order valence-corrected chi connectivity index (χ4v) is 5.21. The number of hydrogen-bond donors (Lipinski definition) is 1. The Bertz CT molecular complexity index is 969. The van der Waals surface area contributed by atoms with Gasteiger partial charge in [0.15, 0.2) is 0 Å².